The summed E-state index contributed by atoms with van der Waals surface area (Å²) in [5, 5.41) is 2.83. The van der Waals surface area contributed by atoms with E-state index in [1.165, 1.54) is 0 Å². The van der Waals surface area contributed by atoms with Gasteiger partial charge >= 0.3 is 0 Å². The van der Waals surface area contributed by atoms with Crippen LogP contribution in [0.25, 0.3) is 0 Å². The van der Waals surface area contributed by atoms with Crippen molar-refractivity contribution in [1.29, 1.82) is 0 Å². The van der Waals surface area contributed by atoms with Gasteiger partial charge in [0, 0.05) is 0 Å². The molecule has 1 saturated carbocycles. The molecule has 1 unspecified atom stereocenters. The van der Waals surface area contributed by atoms with Crippen molar-refractivity contribution in [2.75, 3.05) is 0 Å². The third kappa shape index (κ3) is 2.78. The lowest BCUT2D eigenvalue weighted by Gasteiger charge is -2.17. The van der Waals surface area contributed by atoms with Crippen LogP contribution in [0.5, 0.6) is 0 Å². The summed E-state index contributed by atoms with van der Waals surface area (Å²) in [7, 11) is 0. The molecular formula is C15H20N2O2. The summed E-state index contributed by atoms with van der Waals surface area (Å²) in [6.07, 6.45) is 0.932. The molecular weight excluding hydrogens is 240 g/mol. The molecule has 0 heterocycles. The summed E-state index contributed by atoms with van der Waals surface area (Å²) in [5.41, 5.74) is 5.56. The second kappa shape index (κ2) is 5.03. The maximum absolute atomic E-state index is 12.0. The van der Waals surface area contributed by atoms with Crippen LogP contribution in [0.1, 0.15) is 25.8 Å². The Morgan fingerprint density at radius 3 is 2.47 bits per heavy atom. The van der Waals surface area contributed by atoms with Crippen LogP contribution in [0.15, 0.2) is 30.3 Å². The van der Waals surface area contributed by atoms with Crippen molar-refractivity contribution in [3.05, 3.63) is 35.9 Å². The van der Waals surface area contributed by atoms with Gasteiger partial charge in [-0.3, -0.25) is 9.59 Å². The average Bonchev–Trinajstić information content (AvgIpc) is 3.06. The molecule has 19 heavy (non-hydrogen) atoms. The lowest BCUT2D eigenvalue weighted by molar-refractivity contribution is -0.128. The number of amides is 2. The van der Waals surface area contributed by atoms with E-state index < -0.39 is 11.4 Å². The fourth-order valence-corrected chi connectivity index (χ4v) is 2.66. The third-order valence-electron chi connectivity index (χ3n) is 3.83. The molecule has 1 aliphatic rings. The van der Waals surface area contributed by atoms with Crippen molar-refractivity contribution in [2.24, 2.45) is 17.6 Å². The number of carbonyl (C=O) groups is 2. The maximum Gasteiger partial charge on any atom is 0.243 e. The van der Waals surface area contributed by atoms with Crippen LogP contribution in [0.3, 0.4) is 0 Å². The molecule has 4 nitrogen and oxygen atoms in total. The predicted octanol–water partition coefficient (Wildman–Crippen LogP) is 1.25. The first-order valence-electron chi connectivity index (χ1n) is 6.60. The smallest absolute Gasteiger partial charge is 0.243 e. The minimum absolute atomic E-state index is 0.145. The molecule has 0 saturated heterocycles. The van der Waals surface area contributed by atoms with Gasteiger partial charge in [-0.05, 0) is 23.8 Å². The second-order valence-electron chi connectivity index (χ2n) is 5.60. The Bertz CT molecular complexity index is 484. The molecule has 2 rings (SSSR count). The molecule has 0 aromatic heterocycles. The van der Waals surface area contributed by atoms with Gasteiger partial charge in [0.05, 0.1) is 6.42 Å². The number of rotatable bonds is 5. The van der Waals surface area contributed by atoms with Crippen LogP contribution in [-0.4, -0.2) is 17.4 Å². The normalized spacial score (nSPS) is 25.1. The van der Waals surface area contributed by atoms with E-state index in [1.807, 2.05) is 44.2 Å². The topological polar surface area (TPSA) is 72.2 Å². The first kappa shape index (κ1) is 13.6. The molecule has 1 aromatic carbocycles. The first-order valence-corrected chi connectivity index (χ1v) is 6.60. The molecule has 4 heteroatoms. The van der Waals surface area contributed by atoms with E-state index in [0.717, 1.165) is 5.56 Å². The standard InChI is InChI=1S/C15H20N2O2/c1-10(2)12-9-15(12,14(16)19)17-13(18)8-11-6-4-3-5-7-11/h3-7,10,12H,8-9H2,1-2H3,(H2,16,19)(H,17,18)/t12-,15?/m0/s1. The number of carbonyl (C=O) groups excluding carboxylic acids is 2. The van der Waals surface area contributed by atoms with Crippen molar-refractivity contribution in [2.45, 2.75) is 32.2 Å². The molecule has 2 atom stereocenters. The predicted molar refractivity (Wildman–Crippen MR) is 73.2 cm³/mol. The quantitative estimate of drug-likeness (QED) is 0.836. The summed E-state index contributed by atoms with van der Waals surface area (Å²) >= 11 is 0. The van der Waals surface area contributed by atoms with Crippen molar-refractivity contribution in [3.63, 3.8) is 0 Å². The van der Waals surface area contributed by atoms with E-state index in [-0.39, 0.29) is 18.2 Å². The summed E-state index contributed by atoms with van der Waals surface area (Å²) in [6.45, 7) is 4.08. The lowest BCUT2D eigenvalue weighted by Crippen LogP contribution is -2.49. The summed E-state index contributed by atoms with van der Waals surface area (Å²) in [6, 6.07) is 9.47. The molecule has 2 amide bonds. The monoisotopic (exact) mass is 260 g/mol. The Morgan fingerprint density at radius 1 is 1.37 bits per heavy atom. The zero-order valence-corrected chi connectivity index (χ0v) is 11.3. The number of hydrogen-bond donors (Lipinski definition) is 2. The highest BCUT2D eigenvalue weighted by Crippen LogP contribution is 2.48. The van der Waals surface area contributed by atoms with Crippen LogP contribution in [0.2, 0.25) is 0 Å². The van der Waals surface area contributed by atoms with Gasteiger partial charge in [0.15, 0.2) is 0 Å². The lowest BCUT2D eigenvalue weighted by atomic mass is 10.0. The van der Waals surface area contributed by atoms with Crippen LogP contribution in [0, 0.1) is 11.8 Å². The van der Waals surface area contributed by atoms with Gasteiger partial charge in [-0.2, -0.15) is 0 Å². The van der Waals surface area contributed by atoms with Crippen molar-refractivity contribution >= 4 is 11.8 Å². The number of hydrogen-bond acceptors (Lipinski definition) is 2. The highest BCUT2D eigenvalue weighted by atomic mass is 16.2. The fraction of sp³-hybridized carbons (Fsp3) is 0.467. The van der Waals surface area contributed by atoms with Crippen molar-refractivity contribution in [1.82, 2.24) is 5.32 Å². The second-order valence-corrected chi connectivity index (χ2v) is 5.60. The summed E-state index contributed by atoms with van der Waals surface area (Å²) in [4.78, 5) is 23.6. The Balaban J connectivity index is 2.00. The van der Waals surface area contributed by atoms with E-state index in [9.17, 15) is 9.59 Å². The van der Waals surface area contributed by atoms with Gasteiger partial charge in [-0.1, -0.05) is 44.2 Å². The molecule has 3 N–H and O–H groups in total. The highest BCUT2D eigenvalue weighted by molar-refractivity contribution is 5.94. The molecule has 0 radical (unpaired) electrons. The Morgan fingerprint density at radius 2 is 2.00 bits per heavy atom. The molecule has 1 aromatic rings. The molecule has 0 aliphatic heterocycles. The van der Waals surface area contributed by atoms with E-state index in [0.29, 0.717) is 12.3 Å². The summed E-state index contributed by atoms with van der Waals surface area (Å²) < 4.78 is 0. The van der Waals surface area contributed by atoms with Gasteiger partial charge in [0.25, 0.3) is 0 Å². The van der Waals surface area contributed by atoms with Crippen LogP contribution in [0.4, 0.5) is 0 Å². The van der Waals surface area contributed by atoms with Crippen LogP contribution in [-0.2, 0) is 16.0 Å². The highest BCUT2D eigenvalue weighted by Gasteiger charge is 2.60. The minimum atomic E-state index is -0.819. The molecule has 1 fully saturated rings. The van der Waals surface area contributed by atoms with Gasteiger partial charge < -0.3 is 11.1 Å². The van der Waals surface area contributed by atoms with E-state index in [2.05, 4.69) is 5.32 Å². The largest absolute Gasteiger partial charge is 0.368 e. The Kier molecular flexibility index (Phi) is 3.60. The van der Waals surface area contributed by atoms with Crippen LogP contribution < -0.4 is 11.1 Å². The zero-order valence-electron chi connectivity index (χ0n) is 11.3. The molecule has 0 bridgehead atoms. The van der Waals surface area contributed by atoms with Gasteiger partial charge in [0.1, 0.15) is 5.54 Å². The third-order valence-corrected chi connectivity index (χ3v) is 3.83. The van der Waals surface area contributed by atoms with Crippen molar-refractivity contribution in [3.8, 4) is 0 Å². The number of benzene rings is 1. The number of primary amides is 1. The average molecular weight is 260 g/mol. The SMILES string of the molecule is CC(C)[C@@H]1CC1(NC(=O)Cc1ccccc1)C(N)=O. The van der Waals surface area contributed by atoms with Crippen LogP contribution >= 0.6 is 0 Å². The zero-order chi connectivity index (χ0) is 14.0. The van der Waals surface area contributed by atoms with E-state index in [4.69, 9.17) is 5.73 Å². The van der Waals surface area contributed by atoms with E-state index >= 15 is 0 Å². The molecule has 102 valence electrons. The first-order chi connectivity index (χ1) is 8.95. The number of nitrogens with two attached hydrogens (primary N) is 1. The minimum Gasteiger partial charge on any atom is -0.368 e. The van der Waals surface area contributed by atoms with Gasteiger partial charge in [0.2, 0.25) is 11.8 Å². The molecule has 0 spiro atoms. The Hall–Kier alpha value is -1.84. The summed E-state index contributed by atoms with van der Waals surface area (Å²) in [5.74, 6) is -0.0741. The van der Waals surface area contributed by atoms with Crippen molar-refractivity contribution < 1.29 is 9.59 Å². The maximum atomic E-state index is 12.0. The Labute approximate surface area is 113 Å². The number of nitrogens with one attached hydrogen (secondary N) is 1. The molecule has 1 aliphatic carbocycles. The van der Waals surface area contributed by atoms with Gasteiger partial charge in [-0.25, -0.2) is 0 Å². The van der Waals surface area contributed by atoms with E-state index in [1.54, 1.807) is 0 Å². The van der Waals surface area contributed by atoms with Gasteiger partial charge in [-0.15, -0.1) is 0 Å². The fourth-order valence-electron chi connectivity index (χ4n) is 2.66.